The Bertz CT molecular complexity index is 280. The molecule has 2 unspecified atom stereocenters. The van der Waals surface area contributed by atoms with E-state index in [1.165, 1.54) is 45.2 Å². The van der Waals surface area contributed by atoms with Crippen molar-refractivity contribution >= 4 is 0 Å². The molecule has 0 bridgehead atoms. The molecule has 3 rings (SSSR count). The van der Waals surface area contributed by atoms with Crippen LogP contribution < -0.4 is 5.32 Å². The van der Waals surface area contributed by atoms with Gasteiger partial charge in [-0.25, -0.2) is 0 Å². The van der Waals surface area contributed by atoms with Crippen LogP contribution >= 0.6 is 0 Å². The van der Waals surface area contributed by atoms with Gasteiger partial charge in [0.25, 0.3) is 0 Å². The molecule has 0 aromatic heterocycles. The van der Waals surface area contributed by atoms with E-state index < -0.39 is 0 Å². The fourth-order valence-electron chi connectivity index (χ4n) is 3.75. The molecule has 2 nitrogen and oxygen atoms in total. The summed E-state index contributed by atoms with van der Waals surface area (Å²) >= 11 is 0. The molecule has 0 radical (unpaired) electrons. The van der Waals surface area contributed by atoms with Crippen molar-refractivity contribution < 1.29 is 0 Å². The summed E-state index contributed by atoms with van der Waals surface area (Å²) in [7, 11) is 0. The largest absolute Gasteiger partial charge is 0.308 e. The van der Waals surface area contributed by atoms with Crippen LogP contribution in [0.4, 0.5) is 0 Å². The molecule has 0 spiro atoms. The van der Waals surface area contributed by atoms with Crippen LogP contribution in [0.5, 0.6) is 0 Å². The van der Waals surface area contributed by atoms with Gasteiger partial charge in [-0.15, -0.1) is 0 Å². The highest BCUT2D eigenvalue weighted by Gasteiger charge is 2.50. The molecule has 0 aromatic rings. The average molecular weight is 222 g/mol. The topological polar surface area (TPSA) is 15.3 Å². The lowest BCUT2D eigenvalue weighted by atomic mass is 9.74. The predicted molar refractivity (Wildman–Crippen MR) is 67.6 cm³/mol. The molecule has 92 valence electrons. The lowest BCUT2D eigenvalue weighted by Crippen LogP contribution is -2.69. The van der Waals surface area contributed by atoms with Crippen molar-refractivity contribution in [1.82, 2.24) is 10.2 Å². The third-order valence-corrected chi connectivity index (χ3v) is 5.43. The smallest absolute Gasteiger partial charge is 0.0309 e. The monoisotopic (exact) mass is 222 g/mol. The molecule has 2 aliphatic carbocycles. The van der Waals surface area contributed by atoms with Gasteiger partial charge < -0.3 is 5.32 Å². The second kappa shape index (κ2) is 3.46. The highest BCUT2D eigenvalue weighted by Crippen LogP contribution is 2.45. The predicted octanol–water partition coefficient (Wildman–Crippen LogP) is 2.39. The highest BCUT2D eigenvalue weighted by atomic mass is 15.3. The van der Waals surface area contributed by atoms with E-state index in [1.54, 1.807) is 0 Å². The highest BCUT2D eigenvalue weighted by molar-refractivity contribution is 5.08. The van der Waals surface area contributed by atoms with Crippen molar-refractivity contribution in [3.63, 3.8) is 0 Å². The Labute approximate surface area is 99.8 Å². The van der Waals surface area contributed by atoms with Crippen molar-refractivity contribution in [1.29, 1.82) is 0 Å². The third-order valence-electron chi connectivity index (χ3n) is 5.43. The van der Waals surface area contributed by atoms with E-state index in [0.717, 1.165) is 12.0 Å². The van der Waals surface area contributed by atoms with E-state index in [-0.39, 0.29) is 0 Å². The standard InChI is InChI=1S/C14H26N2/c1-11-9-15-14(3,12-5-6-12)10-16(11)13(2)7-4-8-13/h11-12,15H,4-10H2,1-3H3. The Morgan fingerprint density at radius 3 is 2.38 bits per heavy atom. The minimum absolute atomic E-state index is 0.408. The first-order chi connectivity index (χ1) is 7.54. The fraction of sp³-hybridized carbons (Fsp3) is 1.00. The molecule has 16 heavy (non-hydrogen) atoms. The molecular formula is C14H26N2. The summed E-state index contributed by atoms with van der Waals surface area (Å²) in [6.45, 7) is 9.78. The minimum Gasteiger partial charge on any atom is -0.308 e. The summed E-state index contributed by atoms with van der Waals surface area (Å²) in [5.41, 5.74) is 0.933. The van der Waals surface area contributed by atoms with E-state index >= 15 is 0 Å². The molecule has 3 aliphatic rings. The van der Waals surface area contributed by atoms with Gasteiger partial charge in [-0.1, -0.05) is 0 Å². The molecule has 2 heteroatoms. The number of piperazine rings is 1. The number of rotatable bonds is 2. The second-order valence-electron chi connectivity index (χ2n) is 6.90. The van der Waals surface area contributed by atoms with Crippen LogP contribution in [0.2, 0.25) is 0 Å². The van der Waals surface area contributed by atoms with Crippen molar-refractivity contribution in [2.24, 2.45) is 5.92 Å². The van der Waals surface area contributed by atoms with Crippen molar-refractivity contribution in [3.8, 4) is 0 Å². The van der Waals surface area contributed by atoms with Gasteiger partial charge in [0.1, 0.15) is 0 Å². The lowest BCUT2D eigenvalue weighted by molar-refractivity contribution is -0.0446. The first kappa shape index (κ1) is 11.0. The van der Waals surface area contributed by atoms with Crippen LogP contribution in [0, 0.1) is 5.92 Å². The quantitative estimate of drug-likeness (QED) is 0.772. The number of hydrogen-bond acceptors (Lipinski definition) is 2. The minimum atomic E-state index is 0.408. The molecule has 1 saturated heterocycles. The normalized spacial score (nSPS) is 44.1. The molecule has 3 fully saturated rings. The zero-order valence-corrected chi connectivity index (χ0v) is 11.1. The Kier molecular flexibility index (Phi) is 2.38. The lowest BCUT2D eigenvalue weighted by Gasteiger charge is -2.57. The van der Waals surface area contributed by atoms with E-state index in [4.69, 9.17) is 0 Å². The number of nitrogens with one attached hydrogen (secondary N) is 1. The molecule has 2 atom stereocenters. The number of nitrogens with zero attached hydrogens (tertiary/aromatic N) is 1. The third kappa shape index (κ3) is 1.62. The molecule has 1 heterocycles. The first-order valence-electron chi connectivity index (χ1n) is 7.05. The van der Waals surface area contributed by atoms with Gasteiger partial charge in [0.05, 0.1) is 0 Å². The van der Waals surface area contributed by atoms with Crippen molar-refractivity contribution in [3.05, 3.63) is 0 Å². The van der Waals surface area contributed by atoms with Gasteiger partial charge in [0.15, 0.2) is 0 Å². The van der Waals surface area contributed by atoms with E-state index in [2.05, 4.69) is 31.0 Å². The van der Waals surface area contributed by atoms with E-state index in [9.17, 15) is 0 Å². The Morgan fingerprint density at radius 1 is 1.19 bits per heavy atom. The van der Waals surface area contributed by atoms with Gasteiger partial charge >= 0.3 is 0 Å². The van der Waals surface area contributed by atoms with Gasteiger partial charge in [-0.05, 0) is 58.8 Å². The summed E-state index contributed by atoms with van der Waals surface area (Å²) < 4.78 is 0. The average Bonchev–Trinajstić information content (AvgIpc) is 3.02. The maximum atomic E-state index is 3.82. The van der Waals surface area contributed by atoms with Gasteiger partial charge in [0.2, 0.25) is 0 Å². The van der Waals surface area contributed by atoms with Crippen LogP contribution in [0.15, 0.2) is 0 Å². The van der Waals surface area contributed by atoms with Crippen LogP contribution in [-0.2, 0) is 0 Å². The molecule has 2 saturated carbocycles. The fourth-order valence-corrected chi connectivity index (χ4v) is 3.75. The Balaban J connectivity index is 1.75. The molecule has 0 amide bonds. The molecule has 1 aliphatic heterocycles. The van der Waals surface area contributed by atoms with E-state index in [0.29, 0.717) is 11.1 Å². The van der Waals surface area contributed by atoms with Crippen molar-refractivity contribution in [2.75, 3.05) is 13.1 Å². The van der Waals surface area contributed by atoms with Crippen LogP contribution in [0.25, 0.3) is 0 Å². The number of hydrogen-bond donors (Lipinski definition) is 1. The summed E-state index contributed by atoms with van der Waals surface area (Å²) in [6.07, 6.45) is 7.16. The maximum absolute atomic E-state index is 3.82. The molecular weight excluding hydrogens is 196 g/mol. The summed E-state index contributed by atoms with van der Waals surface area (Å²) in [5, 5.41) is 3.82. The summed E-state index contributed by atoms with van der Waals surface area (Å²) in [5.74, 6) is 0.950. The van der Waals surface area contributed by atoms with Gasteiger partial charge in [-0.3, -0.25) is 4.90 Å². The van der Waals surface area contributed by atoms with Crippen LogP contribution in [0.1, 0.15) is 52.9 Å². The van der Waals surface area contributed by atoms with Gasteiger partial charge in [0, 0.05) is 30.2 Å². The molecule has 0 aromatic carbocycles. The van der Waals surface area contributed by atoms with Crippen LogP contribution in [0.3, 0.4) is 0 Å². The second-order valence-corrected chi connectivity index (χ2v) is 6.90. The Hall–Kier alpha value is -0.0800. The Morgan fingerprint density at radius 2 is 1.88 bits per heavy atom. The summed E-state index contributed by atoms with van der Waals surface area (Å²) in [6, 6.07) is 0.720. The summed E-state index contributed by atoms with van der Waals surface area (Å²) in [4.78, 5) is 2.81. The van der Waals surface area contributed by atoms with Crippen molar-refractivity contribution in [2.45, 2.75) is 70.0 Å². The van der Waals surface area contributed by atoms with Crippen LogP contribution in [-0.4, -0.2) is 35.1 Å². The zero-order chi connectivity index (χ0) is 11.4. The molecule has 1 N–H and O–H groups in total. The first-order valence-corrected chi connectivity index (χ1v) is 7.05. The zero-order valence-electron chi connectivity index (χ0n) is 11.1. The SMILES string of the molecule is CC1CNC(C)(C2CC2)CN1C1(C)CCC1. The van der Waals surface area contributed by atoms with Gasteiger partial charge in [-0.2, -0.15) is 0 Å². The van der Waals surface area contributed by atoms with E-state index in [1.807, 2.05) is 0 Å². The maximum Gasteiger partial charge on any atom is 0.0309 e.